The van der Waals surface area contributed by atoms with Gasteiger partial charge < -0.3 is 35.5 Å². The molecule has 1 saturated heterocycles. The summed E-state index contributed by atoms with van der Waals surface area (Å²) in [6.45, 7) is 7.45. The van der Waals surface area contributed by atoms with Crippen LogP contribution in [0.3, 0.4) is 0 Å². The molecule has 3 rings (SSSR count). The van der Waals surface area contributed by atoms with Crippen molar-refractivity contribution in [3.8, 4) is 6.07 Å². The highest BCUT2D eigenvalue weighted by molar-refractivity contribution is 6.02. The van der Waals surface area contributed by atoms with Crippen LogP contribution in [-0.4, -0.2) is 75.0 Å². The summed E-state index contributed by atoms with van der Waals surface area (Å²) in [5, 5.41) is 16.8. The maximum absolute atomic E-state index is 12.6. The van der Waals surface area contributed by atoms with Gasteiger partial charge in [0.15, 0.2) is 0 Å². The highest BCUT2D eigenvalue weighted by Crippen LogP contribution is 2.26. The van der Waals surface area contributed by atoms with Crippen LogP contribution in [0.25, 0.3) is 16.8 Å². The van der Waals surface area contributed by atoms with Crippen LogP contribution in [0.15, 0.2) is 42.0 Å². The molecule has 0 radical (unpaired) electrons. The molecule has 0 spiro atoms. The van der Waals surface area contributed by atoms with Gasteiger partial charge in [-0.25, -0.2) is 4.79 Å². The molecule has 2 aromatic rings. The molecule has 1 atom stereocenters. The van der Waals surface area contributed by atoms with Gasteiger partial charge in [-0.15, -0.1) is 0 Å². The minimum absolute atomic E-state index is 0.0290. The van der Waals surface area contributed by atoms with Crippen molar-refractivity contribution in [3.05, 3.63) is 47.5 Å². The van der Waals surface area contributed by atoms with Crippen LogP contribution in [0.2, 0.25) is 0 Å². The van der Waals surface area contributed by atoms with Crippen molar-refractivity contribution in [1.29, 1.82) is 5.26 Å². The molecule has 0 aromatic heterocycles. The predicted octanol–water partition coefficient (Wildman–Crippen LogP) is 3.57. The molecule has 0 bridgehead atoms. The maximum Gasteiger partial charge on any atom is 0.407 e. The molecule has 1 fully saturated rings. The lowest BCUT2D eigenvalue weighted by atomic mass is 10.0. The van der Waals surface area contributed by atoms with Gasteiger partial charge in [-0.3, -0.25) is 14.4 Å². The molecule has 0 saturated carbocycles. The van der Waals surface area contributed by atoms with Crippen LogP contribution < -0.4 is 21.3 Å². The van der Waals surface area contributed by atoms with E-state index in [0.29, 0.717) is 0 Å². The summed E-state index contributed by atoms with van der Waals surface area (Å²) in [5.74, 6) is -1.87. The van der Waals surface area contributed by atoms with E-state index < -0.39 is 35.5 Å². The Balaban J connectivity index is 1.39. The number of primary amides is 1. The highest BCUT2D eigenvalue weighted by atomic mass is 16.6. The summed E-state index contributed by atoms with van der Waals surface area (Å²) in [5.41, 5.74) is 6.40. The lowest BCUT2D eigenvalue weighted by Gasteiger charge is -2.29. The van der Waals surface area contributed by atoms with Gasteiger partial charge in [-0.1, -0.05) is 18.2 Å². The fourth-order valence-corrected chi connectivity index (χ4v) is 4.81. The molecule has 1 aliphatic heterocycles. The molecule has 45 heavy (non-hydrogen) atoms. The number of nitrogens with two attached hydrogens (primary N) is 1. The van der Waals surface area contributed by atoms with Crippen LogP contribution >= 0.6 is 0 Å². The zero-order valence-corrected chi connectivity index (χ0v) is 26.2. The number of ether oxygens (including phenoxy) is 3. The fourth-order valence-electron chi connectivity index (χ4n) is 4.81. The average Bonchev–Trinajstić information content (AvgIpc) is 2.98. The number of rotatable bonds is 14. The van der Waals surface area contributed by atoms with E-state index >= 15 is 0 Å². The molecule has 0 aliphatic carbocycles. The first-order valence-electron chi connectivity index (χ1n) is 15.1. The zero-order valence-electron chi connectivity index (χ0n) is 26.2. The summed E-state index contributed by atoms with van der Waals surface area (Å²) in [6, 6.07) is 13.3. The van der Waals surface area contributed by atoms with Gasteiger partial charge in [-0.05, 0) is 80.6 Å². The van der Waals surface area contributed by atoms with Crippen LogP contribution in [-0.2, 0) is 28.6 Å². The molecule has 0 unspecified atom stereocenters. The predicted molar refractivity (Wildman–Crippen MR) is 170 cm³/mol. The largest absolute Gasteiger partial charge is 0.463 e. The number of benzene rings is 2. The SMILES string of the molecule is CC(C)(C)OC(=O)N[C@@H](CC(N)=O)CC(=O)OCCOCCNC(=O)/C(C#N)=C/c1ccc2cc(N3CCCCC3)ccc2c1. The van der Waals surface area contributed by atoms with Crippen LogP contribution in [0.1, 0.15) is 58.4 Å². The second-order valence-electron chi connectivity index (χ2n) is 11.8. The van der Waals surface area contributed by atoms with Gasteiger partial charge >= 0.3 is 12.1 Å². The number of hydrogen-bond donors (Lipinski definition) is 3. The van der Waals surface area contributed by atoms with Crippen LogP contribution in [0, 0.1) is 11.3 Å². The zero-order chi connectivity index (χ0) is 32.8. The van der Waals surface area contributed by atoms with Crippen molar-refractivity contribution in [1.82, 2.24) is 10.6 Å². The minimum Gasteiger partial charge on any atom is -0.463 e. The van der Waals surface area contributed by atoms with E-state index in [1.54, 1.807) is 26.8 Å². The molecule has 242 valence electrons. The van der Waals surface area contributed by atoms with Crippen molar-refractivity contribution in [2.24, 2.45) is 5.73 Å². The number of alkyl carbamates (subject to hydrolysis) is 1. The normalized spacial score (nSPS) is 14.3. The Kier molecular flexibility index (Phi) is 13.2. The Morgan fingerprint density at radius 3 is 2.40 bits per heavy atom. The number of nitriles is 1. The van der Waals surface area contributed by atoms with Crippen LogP contribution in [0.4, 0.5) is 10.5 Å². The number of carbonyl (C=O) groups is 4. The third-order valence-electron chi connectivity index (χ3n) is 6.85. The van der Waals surface area contributed by atoms with E-state index in [0.717, 1.165) is 29.4 Å². The molecule has 1 heterocycles. The molecule has 4 N–H and O–H groups in total. The number of anilines is 1. The maximum atomic E-state index is 12.6. The topological polar surface area (TPSA) is 173 Å². The number of carbonyl (C=O) groups excluding carboxylic acids is 4. The summed E-state index contributed by atoms with van der Waals surface area (Å²) in [6.07, 6.45) is 3.93. The second kappa shape index (κ2) is 17.0. The Morgan fingerprint density at radius 2 is 1.71 bits per heavy atom. The van der Waals surface area contributed by atoms with Crippen molar-refractivity contribution >= 4 is 46.4 Å². The number of hydrogen-bond acceptors (Lipinski definition) is 9. The summed E-state index contributed by atoms with van der Waals surface area (Å²) in [4.78, 5) is 50.5. The third kappa shape index (κ3) is 12.5. The summed E-state index contributed by atoms with van der Waals surface area (Å²) >= 11 is 0. The first kappa shape index (κ1) is 34.9. The second-order valence-corrected chi connectivity index (χ2v) is 11.8. The lowest BCUT2D eigenvalue weighted by molar-refractivity contribution is -0.145. The monoisotopic (exact) mass is 621 g/mol. The fraction of sp³-hybridized carbons (Fsp3) is 0.485. The van der Waals surface area contributed by atoms with Crippen molar-refractivity contribution in [2.75, 3.05) is 44.4 Å². The van der Waals surface area contributed by atoms with Gasteiger partial charge in [0.2, 0.25) is 5.91 Å². The number of nitrogens with one attached hydrogen (secondary N) is 2. The number of piperidine rings is 1. The van der Waals surface area contributed by atoms with Gasteiger partial charge in [-0.2, -0.15) is 5.26 Å². The molecule has 12 nitrogen and oxygen atoms in total. The van der Waals surface area contributed by atoms with Gasteiger partial charge in [0.25, 0.3) is 5.91 Å². The van der Waals surface area contributed by atoms with E-state index in [9.17, 15) is 24.4 Å². The van der Waals surface area contributed by atoms with E-state index in [-0.39, 0.29) is 44.8 Å². The number of nitrogens with zero attached hydrogens (tertiary/aromatic N) is 2. The van der Waals surface area contributed by atoms with Gasteiger partial charge in [0, 0.05) is 31.7 Å². The van der Waals surface area contributed by atoms with E-state index in [1.165, 1.54) is 24.9 Å². The van der Waals surface area contributed by atoms with E-state index in [2.05, 4.69) is 33.7 Å². The molecular weight excluding hydrogens is 578 g/mol. The molecule has 1 aliphatic rings. The van der Waals surface area contributed by atoms with Gasteiger partial charge in [0.1, 0.15) is 23.9 Å². The van der Waals surface area contributed by atoms with Crippen molar-refractivity contribution < 1.29 is 33.4 Å². The first-order valence-corrected chi connectivity index (χ1v) is 15.1. The Morgan fingerprint density at radius 1 is 1.00 bits per heavy atom. The lowest BCUT2D eigenvalue weighted by Crippen LogP contribution is -2.42. The van der Waals surface area contributed by atoms with Crippen molar-refractivity contribution in [3.63, 3.8) is 0 Å². The Labute approximate surface area is 263 Å². The number of fused-ring (bicyclic) bond motifs is 1. The number of esters is 1. The first-order chi connectivity index (χ1) is 21.4. The van der Waals surface area contributed by atoms with E-state index in [4.69, 9.17) is 19.9 Å². The molecular formula is C33H43N5O7. The average molecular weight is 622 g/mol. The number of amides is 3. The molecule has 2 aromatic carbocycles. The minimum atomic E-state index is -0.879. The standard InChI is InChI=1S/C33H43N5O7/c1-33(2,3)45-32(42)37-27(20-29(35)39)21-30(40)44-16-15-43-14-11-36-31(41)26(22-34)18-23-7-8-25-19-28(10-9-24(25)17-23)38-12-5-4-6-13-38/h7-10,17-19,27H,4-6,11-16,20-21H2,1-3H3,(H2,35,39)(H,36,41)(H,37,42)/b26-18+/t27-/m0/s1. The van der Waals surface area contributed by atoms with E-state index in [1.807, 2.05) is 24.3 Å². The quantitative estimate of drug-likeness (QED) is 0.123. The summed E-state index contributed by atoms with van der Waals surface area (Å²) < 4.78 is 15.6. The summed E-state index contributed by atoms with van der Waals surface area (Å²) in [7, 11) is 0. The van der Waals surface area contributed by atoms with Crippen molar-refractivity contribution in [2.45, 2.75) is 64.5 Å². The smallest absolute Gasteiger partial charge is 0.407 e. The Bertz CT molecular complexity index is 1420. The molecule has 3 amide bonds. The highest BCUT2D eigenvalue weighted by Gasteiger charge is 2.23. The molecule has 12 heteroatoms. The Hall–Kier alpha value is -4.63. The van der Waals surface area contributed by atoms with Crippen LogP contribution in [0.5, 0.6) is 0 Å². The van der Waals surface area contributed by atoms with Gasteiger partial charge in [0.05, 0.1) is 25.7 Å². The third-order valence-corrected chi connectivity index (χ3v) is 6.85.